The highest BCUT2D eigenvalue weighted by Gasteiger charge is 2.25. The predicted molar refractivity (Wildman–Crippen MR) is 86.5 cm³/mol. The summed E-state index contributed by atoms with van der Waals surface area (Å²) in [5.74, 6) is 0.401. The fourth-order valence-electron chi connectivity index (χ4n) is 2.44. The van der Waals surface area contributed by atoms with Gasteiger partial charge in [0.2, 0.25) is 5.91 Å². The van der Waals surface area contributed by atoms with Crippen LogP contribution in [-0.2, 0) is 14.3 Å². The van der Waals surface area contributed by atoms with Crippen molar-refractivity contribution in [1.29, 1.82) is 0 Å². The molecule has 1 amide bonds. The lowest BCUT2D eigenvalue weighted by atomic mass is 9.96. The average molecular weight is 370 g/mol. The molecule has 22 heavy (non-hydrogen) atoms. The van der Waals surface area contributed by atoms with Crippen molar-refractivity contribution >= 4 is 33.6 Å². The highest BCUT2D eigenvalue weighted by atomic mass is 79.9. The number of nitrogens with zero attached hydrogens (tertiary/aromatic N) is 2. The second-order valence-electron chi connectivity index (χ2n) is 5.12. The molecule has 6 nitrogen and oxygen atoms in total. The van der Waals surface area contributed by atoms with Gasteiger partial charge < -0.3 is 15.0 Å². The van der Waals surface area contributed by atoms with Crippen LogP contribution in [0.5, 0.6) is 0 Å². The maximum Gasteiger partial charge on any atom is 0.325 e. The van der Waals surface area contributed by atoms with Crippen molar-refractivity contribution < 1.29 is 14.3 Å². The van der Waals surface area contributed by atoms with Crippen molar-refractivity contribution in [2.24, 2.45) is 5.92 Å². The second kappa shape index (κ2) is 8.12. The van der Waals surface area contributed by atoms with Gasteiger partial charge in [0.25, 0.3) is 0 Å². The summed E-state index contributed by atoms with van der Waals surface area (Å²) >= 11 is 3.37. The predicted octanol–water partition coefficient (Wildman–Crippen LogP) is 1.74. The zero-order valence-corrected chi connectivity index (χ0v) is 14.1. The van der Waals surface area contributed by atoms with Crippen LogP contribution in [0, 0.1) is 5.92 Å². The molecule has 1 aliphatic rings. The fraction of sp³-hybridized carbons (Fsp3) is 0.533. The molecule has 0 spiro atoms. The number of carbonyl (C=O) groups excluding carboxylic acids is 2. The first-order chi connectivity index (χ1) is 10.6. The highest BCUT2D eigenvalue weighted by molar-refractivity contribution is 9.10. The molecule has 1 fully saturated rings. The van der Waals surface area contributed by atoms with E-state index in [1.54, 1.807) is 13.1 Å². The molecular formula is C15H20BrN3O3. The van der Waals surface area contributed by atoms with Crippen LogP contribution in [0.1, 0.15) is 19.8 Å². The molecule has 0 saturated carbocycles. The topological polar surface area (TPSA) is 71.5 Å². The number of carbonyl (C=O) groups is 2. The Morgan fingerprint density at radius 3 is 2.73 bits per heavy atom. The minimum atomic E-state index is -0.396. The van der Waals surface area contributed by atoms with E-state index >= 15 is 0 Å². The van der Waals surface area contributed by atoms with Crippen LogP contribution in [-0.4, -0.2) is 43.1 Å². The SMILES string of the molecule is CCOC(=O)CNC(=O)C1CCN(c2ccc(Br)cn2)CC1. The Hall–Kier alpha value is -1.63. The molecule has 120 valence electrons. The van der Waals surface area contributed by atoms with Crippen molar-refractivity contribution in [2.45, 2.75) is 19.8 Å². The summed E-state index contributed by atoms with van der Waals surface area (Å²) in [5.41, 5.74) is 0. The first kappa shape index (κ1) is 16.7. The molecule has 0 unspecified atom stereocenters. The average Bonchev–Trinajstić information content (AvgIpc) is 2.54. The number of anilines is 1. The number of rotatable bonds is 5. The summed E-state index contributed by atoms with van der Waals surface area (Å²) in [5, 5.41) is 2.65. The van der Waals surface area contributed by atoms with E-state index < -0.39 is 5.97 Å². The molecule has 7 heteroatoms. The van der Waals surface area contributed by atoms with Crippen LogP contribution in [0.3, 0.4) is 0 Å². The van der Waals surface area contributed by atoms with Gasteiger partial charge in [0.05, 0.1) is 6.61 Å². The molecule has 1 aromatic rings. The number of amides is 1. The number of piperidine rings is 1. The number of esters is 1. The monoisotopic (exact) mass is 369 g/mol. The van der Waals surface area contributed by atoms with Crippen molar-refractivity contribution in [3.05, 3.63) is 22.8 Å². The van der Waals surface area contributed by atoms with Gasteiger partial charge in [-0.05, 0) is 47.8 Å². The Kier molecular flexibility index (Phi) is 6.18. The zero-order valence-electron chi connectivity index (χ0n) is 12.5. The molecule has 1 saturated heterocycles. The minimum Gasteiger partial charge on any atom is -0.465 e. The normalized spacial score (nSPS) is 15.5. The van der Waals surface area contributed by atoms with Crippen LogP contribution in [0.2, 0.25) is 0 Å². The van der Waals surface area contributed by atoms with Crippen molar-refractivity contribution in [3.8, 4) is 0 Å². The minimum absolute atomic E-state index is 0.0544. The Balaban J connectivity index is 1.78. The molecule has 2 rings (SSSR count). The van der Waals surface area contributed by atoms with E-state index in [4.69, 9.17) is 4.74 Å². The Bertz CT molecular complexity index is 513. The smallest absolute Gasteiger partial charge is 0.325 e. The summed E-state index contributed by atoms with van der Waals surface area (Å²) in [6, 6.07) is 3.92. The Morgan fingerprint density at radius 2 is 2.14 bits per heavy atom. The number of halogens is 1. The molecule has 0 atom stereocenters. The van der Waals surface area contributed by atoms with Gasteiger partial charge in [0, 0.05) is 29.7 Å². The summed E-state index contributed by atoms with van der Waals surface area (Å²) in [4.78, 5) is 29.8. The maximum absolute atomic E-state index is 12.0. The second-order valence-corrected chi connectivity index (χ2v) is 6.03. The number of hydrogen-bond acceptors (Lipinski definition) is 5. The van der Waals surface area contributed by atoms with E-state index in [-0.39, 0.29) is 18.4 Å². The van der Waals surface area contributed by atoms with Crippen LogP contribution < -0.4 is 10.2 Å². The van der Waals surface area contributed by atoms with Gasteiger partial charge in [0.15, 0.2) is 0 Å². The molecule has 0 radical (unpaired) electrons. The van der Waals surface area contributed by atoms with Crippen molar-refractivity contribution in [2.75, 3.05) is 31.1 Å². The van der Waals surface area contributed by atoms with Crippen LogP contribution in [0.25, 0.3) is 0 Å². The largest absolute Gasteiger partial charge is 0.465 e. The molecule has 0 aromatic carbocycles. The van der Waals surface area contributed by atoms with Crippen LogP contribution in [0.15, 0.2) is 22.8 Å². The highest BCUT2D eigenvalue weighted by Crippen LogP contribution is 2.22. The van der Waals surface area contributed by atoms with E-state index in [1.165, 1.54) is 0 Å². The molecule has 1 aliphatic heterocycles. The standard InChI is InChI=1S/C15H20BrN3O3/c1-2-22-14(20)10-18-15(21)11-5-7-19(8-6-11)13-4-3-12(16)9-17-13/h3-4,9,11H,2,5-8,10H2,1H3,(H,18,21). The molecule has 0 aliphatic carbocycles. The molecule has 0 bridgehead atoms. The van der Waals surface area contributed by atoms with Gasteiger partial charge in [-0.25, -0.2) is 4.98 Å². The van der Waals surface area contributed by atoms with Gasteiger partial charge in [-0.2, -0.15) is 0 Å². The number of nitrogens with one attached hydrogen (secondary N) is 1. The summed E-state index contributed by atoms with van der Waals surface area (Å²) in [7, 11) is 0. The summed E-state index contributed by atoms with van der Waals surface area (Å²) in [6.45, 7) is 3.58. The molecular weight excluding hydrogens is 350 g/mol. The lowest BCUT2D eigenvalue weighted by molar-refractivity contribution is -0.143. The number of aromatic nitrogens is 1. The maximum atomic E-state index is 12.0. The van der Waals surface area contributed by atoms with E-state index in [0.29, 0.717) is 6.61 Å². The molecule has 2 heterocycles. The number of ether oxygens (including phenoxy) is 1. The summed E-state index contributed by atoms with van der Waals surface area (Å²) in [6.07, 6.45) is 3.28. The van der Waals surface area contributed by atoms with E-state index in [2.05, 4.69) is 31.1 Å². The van der Waals surface area contributed by atoms with Crippen LogP contribution >= 0.6 is 15.9 Å². The van der Waals surface area contributed by atoms with Crippen molar-refractivity contribution in [1.82, 2.24) is 10.3 Å². The summed E-state index contributed by atoms with van der Waals surface area (Å²) < 4.78 is 5.74. The van der Waals surface area contributed by atoms with E-state index in [1.807, 2.05) is 12.1 Å². The van der Waals surface area contributed by atoms with Gasteiger partial charge in [0.1, 0.15) is 12.4 Å². The third kappa shape index (κ3) is 4.69. The number of pyridine rings is 1. The first-order valence-corrected chi connectivity index (χ1v) is 8.19. The zero-order chi connectivity index (χ0) is 15.9. The fourth-order valence-corrected chi connectivity index (χ4v) is 2.68. The lowest BCUT2D eigenvalue weighted by Gasteiger charge is -2.32. The third-order valence-corrected chi connectivity index (χ3v) is 4.08. The quantitative estimate of drug-likeness (QED) is 0.800. The molecule has 1 aromatic heterocycles. The Labute approximate surface area is 138 Å². The number of hydrogen-bond donors (Lipinski definition) is 1. The Morgan fingerprint density at radius 1 is 1.41 bits per heavy atom. The first-order valence-electron chi connectivity index (χ1n) is 7.40. The van der Waals surface area contributed by atoms with Crippen LogP contribution in [0.4, 0.5) is 5.82 Å². The third-order valence-electron chi connectivity index (χ3n) is 3.61. The van der Waals surface area contributed by atoms with Gasteiger partial charge >= 0.3 is 5.97 Å². The lowest BCUT2D eigenvalue weighted by Crippen LogP contribution is -2.42. The molecule has 1 N–H and O–H groups in total. The van der Waals surface area contributed by atoms with E-state index in [0.717, 1.165) is 36.2 Å². The van der Waals surface area contributed by atoms with Gasteiger partial charge in [-0.3, -0.25) is 9.59 Å². The van der Waals surface area contributed by atoms with E-state index in [9.17, 15) is 9.59 Å². The van der Waals surface area contributed by atoms with Gasteiger partial charge in [-0.15, -0.1) is 0 Å². The van der Waals surface area contributed by atoms with Gasteiger partial charge in [-0.1, -0.05) is 0 Å². The van der Waals surface area contributed by atoms with Crippen molar-refractivity contribution in [3.63, 3.8) is 0 Å².